The lowest BCUT2D eigenvalue weighted by molar-refractivity contribution is 0.0943. The van der Waals surface area contributed by atoms with Crippen molar-refractivity contribution in [3.63, 3.8) is 0 Å². The van der Waals surface area contributed by atoms with E-state index in [0.29, 0.717) is 43.2 Å². The third kappa shape index (κ3) is 8.28. The van der Waals surface area contributed by atoms with Crippen molar-refractivity contribution in [2.24, 2.45) is 0 Å². The highest BCUT2D eigenvalue weighted by Gasteiger charge is 2.20. The summed E-state index contributed by atoms with van der Waals surface area (Å²) in [5.41, 5.74) is 2.63. The van der Waals surface area contributed by atoms with Gasteiger partial charge in [-0.25, -0.2) is 0 Å². The molecule has 3 rings (SSSR count). The summed E-state index contributed by atoms with van der Waals surface area (Å²) in [6.07, 6.45) is 6.28. The molecule has 2 N–H and O–H groups in total. The predicted molar refractivity (Wildman–Crippen MR) is 141 cm³/mol. The summed E-state index contributed by atoms with van der Waals surface area (Å²) in [6.45, 7) is 8.44. The molecule has 2 aromatic carbocycles. The number of nitrogens with zero attached hydrogens (tertiary/aromatic N) is 1. The number of hydrogen-bond acceptors (Lipinski definition) is 5. The van der Waals surface area contributed by atoms with Crippen LogP contribution < -0.4 is 20.3 Å². The van der Waals surface area contributed by atoms with Gasteiger partial charge in [-0.15, -0.1) is 0 Å². The second-order valence-corrected chi connectivity index (χ2v) is 8.77. The van der Waals surface area contributed by atoms with Crippen molar-refractivity contribution in [2.45, 2.75) is 52.4 Å². The molecule has 0 atom stereocenters. The Kier molecular flexibility index (Phi) is 10.9. The number of benzene rings is 2. The number of carbonyl (C=O) groups excluding carboxylic acids is 2. The molecule has 1 aliphatic heterocycles. The second-order valence-electron chi connectivity index (χ2n) is 8.77. The number of piperidine rings is 1. The van der Waals surface area contributed by atoms with Gasteiger partial charge in [-0.05, 0) is 81.5 Å². The molecule has 1 aliphatic rings. The van der Waals surface area contributed by atoms with Crippen molar-refractivity contribution in [1.82, 2.24) is 5.32 Å². The van der Waals surface area contributed by atoms with E-state index in [1.54, 1.807) is 18.2 Å². The number of unbranched alkanes of at least 4 members (excludes halogenated alkanes) is 1. The predicted octanol–water partition coefficient (Wildman–Crippen LogP) is 5.26. The summed E-state index contributed by atoms with van der Waals surface area (Å²) >= 11 is 0. The smallest absolute Gasteiger partial charge is 0.255 e. The molecule has 2 aromatic rings. The highest BCUT2D eigenvalue weighted by atomic mass is 16.5. The van der Waals surface area contributed by atoms with E-state index in [4.69, 9.17) is 9.47 Å². The van der Waals surface area contributed by atoms with Crippen LogP contribution in [0.15, 0.2) is 42.5 Å². The molecule has 0 radical (unpaired) electrons. The first-order valence-electron chi connectivity index (χ1n) is 12.9. The van der Waals surface area contributed by atoms with Crippen LogP contribution >= 0.6 is 0 Å². The van der Waals surface area contributed by atoms with Gasteiger partial charge >= 0.3 is 0 Å². The molecule has 0 spiro atoms. The van der Waals surface area contributed by atoms with Crippen LogP contribution in [0.25, 0.3) is 0 Å². The Morgan fingerprint density at radius 3 is 2.40 bits per heavy atom. The fraction of sp³-hybridized carbons (Fsp3) is 0.500. The minimum absolute atomic E-state index is 0.133. The van der Waals surface area contributed by atoms with Crippen LogP contribution in [0.2, 0.25) is 0 Å². The lowest BCUT2D eigenvalue weighted by Crippen LogP contribution is -2.33. The third-order valence-electron chi connectivity index (χ3n) is 6.03. The minimum atomic E-state index is -0.223. The van der Waals surface area contributed by atoms with E-state index in [0.717, 1.165) is 56.6 Å². The van der Waals surface area contributed by atoms with Crippen LogP contribution in [-0.2, 0) is 4.74 Å². The molecule has 0 bridgehead atoms. The Bertz CT molecular complexity index is 940. The molecule has 1 fully saturated rings. The monoisotopic (exact) mass is 481 g/mol. The van der Waals surface area contributed by atoms with E-state index in [9.17, 15) is 9.59 Å². The molecular formula is C28H39N3O4. The summed E-state index contributed by atoms with van der Waals surface area (Å²) in [7, 11) is 0. The van der Waals surface area contributed by atoms with Crippen LogP contribution in [-0.4, -0.2) is 51.3 Å². The number of rotatable bonds is 13. The van der Waals surface area contributed by atoms with Crippen LogP contribution in [0.1, 0.15) is 73.1 Å². The molecule has 0 aliphatic carbocycles. The number of anilines is 2. The molecule has 7 nitrogen and oxygen atoms in total. The number of ether oxygens (including phenoxy) is 2. The molecule has 0 unspecified atom stereocenters. The van der Waals surface area contributed by atoms with E-state index in [2.05, 4.69) is 22.5 Å². The number of amides is 2. The number of carbonyl (C=O) groups is 2. The first-order valence-corrected chi connectivity index (χ1v) is 12.9. The first-order chi connectivity index (χ1) is 17.1. The minimum Gasteiger partial charge on any atom is -0.494 e. The Hall–Kier alpha value is -3.06. The lowest BCUT2D eigenvalue weighted by Gasteiger charge is -2.30. The fourth-order valence-corrected chi connectivity index (χ4v) is 4.06. The maximum atomic E-state index is 13.1. The van der Waals surface area contributed by atoms with Crippen molar-refractivity contribution in [3.8, 4) is 5.75 Å². The lowest BCUT2D eigenvalue weighted by atomic mass is 10.1. The molecule has 2 amide bonds. The Morgan fingerprint density at radius 1 is 0.914 bits per heavy atom. The number of nitrogens with one attached hydrogen (secondary N) is 2. The zero-order valence-corrected chi connectivity index (χ0v) is 21.1. The fourth-order valence-electron chi connectivity index (χ4n) is 4.06. The van der Waals surface area contributed by atoms with E-state index in [1.807, 2.05) is 31.2 Å². The first kappa shape index (κ1) is 26.5. The van der Waals surface area contributed by atoms with Crippen molar-refractivity contribution in [1.29, 1.82) is 0 Å². The Labute approximate surface area is 209 Å². The van der Waals surface area contributed by atoms with Gasteiger partial charge < -0.3 is 25.0 Å². The highest BCUT2D eigenvalue weighted by Crippen LogP contribution is 2.27. The molecule has 0 aromatic heterocycles. The van der Waals surface area contributed by atoms with Gasteiger partial charge in [0, 0.05) is 49.8 Å². The van der Waals surface area contributed by atoms with Crippen LogP contribution in [0, 0.1) is 0 Å². The van der Waals surface area contributed by atoms with Crippen molar-refractivity contribution in [2.75, 3.05) is 49.7 Å². The molecular weight excluding hydrogens is 442 g/mol. The van der Waals surface area contributed by atoms with Crippen molar-refractivity contribution in [3.05, 3.63) is 53.6 Å². The van der Waals surface area contributed by atoms with Gasteiger partial charge in [0.2, 0.25) is 0 Å². The quantitative estimate of drug-likeness (QED) is 0.381. The van der Waals surface area contributed by atoms with Gasteiger partial charge in [0.05, 0.1) is 12.2 Å². The average molecular weight is 482 g/mol. The highest BCUT2D eigenvalue weighted by molar-refractivity contribution is 6.06. The molecule has 190 valence electrons. The molecule has 1 saturated heterocycles. The molecule has 0 saturated carbocycles. The molecule has 35 heavy (non-hydrogen) atoms. The van der Waals surface area contributed by atoms with Gasteiger partial charge in [-0.1, -0.05) is 13.3 Å². The van der Waals surface area contributed by atoms with Crippen molar-refractivity contribution >= 4 is 23.2 Å². The summed E-state index contributed by atoms with van der Waals surface area (Å²) in [6, 6.07) is 12.7. The molecule has 1 heterocycles. The largest absolute Gasteiger partial charge is 0.494 e. The topological polar surface area (TPSA) is 79.9 Å². The summed E-state index contributed by atoms with van der Waals surface area (Å²) in [4.78, 5) is 28.2. The van der Waals surface area contributed by atoms with Gasteiger partial charge in [0.15, 0.2) is 0 Å². The van der Waals surface area contributed by atoms with Gasteiger partial charge in [-0.2, -0.15) is 0 Å². The summed E-state index contributed by atoms with van der Waals surface area (Å²) in [5, 5.41) is 5.95. The SMILES string of the molecule is CCCCOc1ccc(C(=O)Nc2ccc(N3CCCCC3)c(C(=O)NCCCOCC)c2)cc1. The zero-order valence-electron chi connectivity index (χ0n) is 21.1. The zero-order chi connectivity index (χ0) is 24.9. The normalized spacial score (nSPS) is 13.4. The Morgan fingerprint density at radius 2 is 1.69 bits per heavy atom. The van der Waals surface area contributed by atoms with Gasteiger partial charge in [-0.3, -0.25) is 9.59 Å². The van der Waals surface area contributed by atoms with Crippen LogP contribution in [0.5, 0.6) is 5.75 Å². The van der Waals surface area contributed by atoms with E-state index < -0.39 is 0 Å². The van der Waals surface area contributed by atoms with Crippen LogP contribution in [0.3, 0.4) is 0 Å². The second kappa shape index (κ2) is 14.4. The molecule has 7 heteroatoms. The van der Waals surface area contributed by atoms with Crippen LogP contribution in [0.4, 0.5) is 11.4 Å². The average Bonchev–Trinajstić information content (AvgIpc) is 2.89. The summed E-state index contributed by atoms with van der Waals surface area (Å²) in [5.74, 6) is 0.398. The van der Waals surface area contributed by atoms with Crippen molar-refractivity contribution < 1.29 is 19.1 Å². The number of hydrogen-bond donors (Lipinski definition) is 2. The van der Waals surface area contributed by atoms with Gasteiger partial charge in [0.1, 0.15) is 5.75 Å². The maximum absolute atomic E-state index is 13.1. The maximum Gasteiger partial charge on any atom is 0.255 e. The van der Waals surface area contributed by atoms with E-state index >= 15 is 0 Å². The standard InChI is InChI=1S/C28H39N3O4/c1-3-5-20-35-24-13-10-22(11-14-24)27(32)30-23-12-15-26(31-17-7-6-8-18-31)25(21-23)28(33)29-16-9-19-34-4-2/h10-15,21H,3-9,16-20H2,1-2H3,(H,29,33)(H,30,32). The third-order valence-corrected chi connectivity index (χ3v) is 6.03. The summed E-state index contributed by atoms with van der Waals surface area (Å²) < 4.78 is 11.0. The van der Waals surface area contributed by atoms with E-state index in [-0.39, 0.29) is 11.8 Å². The van der Waals surface area contributed by atoms with E-state index in [1.165, 1.54) is 6.42 Å². The van der Waals surface area contributed by atoms with Gasteiger partial charge in [0.25, 0.3) is 11.8 Å². The Balaban J connectivity index is 1.70.